The molecule has 0 unspecified atom stereocenters. The number of primary amides is 1. The number of fused-ring (bicyclic) bond motifs is 2. The first-order valence-electron chi connectivity index (χ1n) is 10.6. The lowest BCUT2D eigenvalue weighted by Gasteiger charge is -2.36. The first-order chi connectivity index (χ1) is 13.4. The molecule has 3 atom stereocenters. The molecule has 3 heterocycles. The highest BCUT2D eigenvalue weighted by Crippen LogP contribution is 2.54. The van der Waals surface area contributed by atoms with Crippen LogP contribution < -0.4 is 16.0 Å². The maximum Gasteiger partial charge on any atom is 0.236 e. The molecule has 3 N–H and O–H groups in total. The van der Waals surface area contributed by atoms with Crippen LogP contribution in [0, 0.1) is 11.3 Å². The maximum absolute atomic E-state index is 13.3. The average Bonchev–Trinajstić information content (AvgIpc) is 3.38. The van der Waals surface area contributed by atoms with Crippen molar-refractivity contribution in [1.82, 2.24) is 15.3 Å². The summed E-state index contributed by atoms with van der Waals surface area (Å²) in [5, 5.41) is 2.81. The molecule has 1 aromatic rings. The second kappa shape index (κ2) is 7.33. The minimum absolute atomic E-state index is 0.0272. The van der Waals surface area contributed by atoms with Gasteiger partial charge in [0.05, 0.1) is 12.0 Å². The Labute approximate surface area is 166 Å². The SMILES string of the molecule is CC(C)CC[C@]1(C(=O)NCC(N)=O)C[C@H]2CC[C@@H]1N2c1cc(C2CC2)ncn1. The van der Waals surface area contributed by atoms with Crippen molar-refractivity contribution in [3.8, 4) is 0 Å². The van der Waals surface area contributed by atoms with Crippen LogP contribution in [-0.2, 0) is 9.59 Å². The Hall–Kier alpha value is -2.18. The van der Waals surface area contributed by atoms with Crippen LogP contribution in [0.25, 0.3) is 0 Å². The minimum Gasteiger partial charge on any atom is -0.368 e. The molecular weight excluding hydrogens is 354 g/mol. The van der Waals surface area contributed by atoms with Crippen molar-refractivity contribution < 1.29 is 9.59 Å². The standard InChI is InChI=1S/C21H31N5O2/c1-13(2)7-8-21(20(28)23-11-18(22)27)10-15-5-6-17(21)26(15)19-9-16(14-3-4-14)24-12-25-19/h9,12-15,17H,3-8,10-11H2,1-2H3,(H2,22,27)(H,23,28)/t15-,17+,21+/m1/s1. The number of carbonyl (C=O) groups is 2. The number of hydrogen-bond donors (Lipinski definition) is 2. The molecular formula is C21H31N5O2. The topological polar surface area (TPSA) is 101 Å². The Morgan fingerprint density at radius 3 is 2.75 bits per heavy atom. The fraction of sp³-hybridized carbons (Fsp3) is 0.714. The lowest BCUT2D eigenvalue weighted by atomic mass is 9.69. The summed E-state index contributed by atoms with van der Waals surface area (Å²) in [5.74, 6) is 1.52. The molecule has 1 saturated carbocycles. The molecule has 2 saturated heterocycles. The van der Waals surface area contributed by atoms with Gasteiger partial charge in [-0.1, -0.05) is 13.8 Å². The molecule has 3 aliphatic rings. The highest BCUT2D eigenvalue weighted by molar-refractivity contribution is 5.89. The molecule has 2 bridgehead atoms. The normalized spacial score (nSPS) is 28.8. The van der Waals surface area contributed by atoms with Gasteiger partial charge in [-0.2, -0.15) is 0 Å². The van der Waals surface area contributed by atoms with Gasteiger partial charge in [0.1, 0.15) is 12.1 Å². The fourth-order valence-corrected chi connectivity index (χ4v) is 5.15. The smallest absolute Gasteiger partial charge is 0.236 e. The summed E-state index contributed by atoms with van der Waals surface area (Å²) in [4.78, 5) is 35.9. The third kappa shape index (κ3) is 3.47. The molecule has 28 heavy (non-hydrogen) atoms. The van der Waals surface area contributed by atoms with Crippen molar-refractivity contribution in [3.05, 3.63) is 18.1 Å². The predicted octanol–water partition coefficient (Wildman–Crippen LogP) is 2.12. The third-order valence-electron chi connectivity index (χ3n) is 6.72. The lowest BCUT2D eigenvalue weighted by Crippen LogP contribution is -2.51. The Morgan fingerprint density at radius 2 is 2.07 bits per heavy atom. The van der Waals surface area contributed by atoms with Crippen molar-refractivity contribution in [2.75, 3.05) is 11.4 Å². The fourth-order valence-electron chi connectivity index (χ4n) is 5.15. The van der Waals surface area contributed by atoms with Crippen LogP contribution in [0.5, 0.6) is 0 Å². The van der Waals surface area contributed by atoms with Crippen LogP contribution in [0.3, 0.4) is 0 Å². The van der Waals surface area contributed by atoms with E-state index in [9.17, 15) is 9.59 Å². The number of hydrogen-bond acceptors (Lipinski definition) is 5. The van der Waals surface area contributed by atoms with Crippen molar-refractivity contribution in [2.45, 2.75) is 76.8 Å². The van der Waals surface area contributed by atoms with E-state index in [0.717, 1.165) is 43.6 Å². The van der Waals surface area contributed by atoms with Gasteiger partial charge >= 0.3 is 0 Å². The summed E-state index contributed by atoms with van der Waals surface area (Å²) < 4.78 is 0. The van der Waals surface area contributed by atoms with Gasteiger partial charge in [0, 0.05) is 29.8 Å². The number of aromatic nitrogens is 2. The van der Waals surface area contributed by atoms with Crippen molar-refractivity contribution >= 4 is 17.6 Å². The highest BCUT2D eigenvalue weighted by atomic mass is 16.2. The first kappa shape index (κ1) is 19.2. The van der Waals surface area contributed by atoms with Crippen molar-refractivity contribution in [2.24, 2.45) is 17.1 Å². The molecule has 7 nitrogen and oxygen atoms in total. The predicted molar refractivity (Wildman–Crippen MR) is 107 cm³/mol. The summed E-state index contributed by atoms with van der Waals surface area (Å²) in [6.07, 6.45) is 8.77. The monoisotopic (exact) mass is 385 g/mol. The number of nitrogens with zero attached hydrogens (tertiary/aromatic N) is 3. The molecule has 0 radical (unpaired) electrons. The van der Waals surface area contributed by atoms with E-state index in [2.05, 4.69) is 40.1 Å². The number of nitrogens with two attached hydrogens (primary N) is 1. The van der Waals surface area contributed by atoms with Crippen LogP contribution >= 0.6 is 0 Å². The van der Waals surface area contributed by atoms with Gasteiger partial charge in [-0.25, -0.2) is 9.97 Å². The van der Waals surface area contributed by atoms with E-state index in [1.165, 1.54) is 12.8 Å². The van der Waals surface area contributed by atoms with Crippen LogP contribution in [-0.4, -0.2) is 40.4 Å². The second-order valence-electron chi connectivity index (χ2n) is 9.17. The van der Waals surface area contributed by atoms with Crippen molar-refractivity contribution in [3.63, 3.8) is 0 Å². The third-order valence-corrected chi connectivity index (χ3v) is 6.72. The maximum atomic E-state index is 13.3. The Balaban J connectivity index is 1.61. The second-order valence-corrected chi connectivity index (χ2v) is 9.17. The molecule has 0 spiro atoms. The van der Waals surface area contributed by atoms with Gasteiger partial charge in [0.15, 0.2) is 0 Å². The van der Waals surface area contributed by atoms with Gasteiger partial charge in [-0.05, 0) is 50.9 Å². The summed E-state index contributed by atoms with van der Waals surface area (Å²) in [6, 6.07) is 2.56. The van der Waals surface area contributed by atoms with Gasteiger partial charge in [0.25, 0.3) is 0 Å². The number of carbonyl (C=O) groups excluding carboxylic acids is 2. The quantitative estimate of drug-likeness (QED) is 0.714. The van der Waals surface area contributed by atoms with E-state index in [4.69, 9.17) is 5.73 Å². The summed E-state index contributed by atoms with van der Waals surface area (Å²) in [7, 11) is 0. The molecule has 3 fully saturated rings. The average molecular weight is 386 g/mol. The van der Waals surface area contributed by atoms with E-state index in [1.807, 2.05) is 0 Å². The number of nitrogens with one attached hydrogen (secondary N) is 1. The molecule has 4 rings (SSSR count). The largest absolute Gasteiger partial charge is 0.368 e. The van der Waals surface area contributed by atoms with Crippen LogP contribution in [0.4, 0.5) is 5.82 Å². The van der Waals surface area contributed by atoms with E-state index in [1.54, 1.807) is 6.33 Å². The number of anilines is 1. The summed E-state index contributed by atoms with van der Waals surface area (Å²) in [6.45, 7) is 4.28. The Bertz CT molecular complexity index is 763. The Morgan fingerprint density at radius 1 is 1.29 bits per heavy atom. The van der Waals surface area contributed by atoms with Gasteiger partial charge in [-0.3, -0.25) is 9.59 Å². The van der Waals surface area contributed by atoms with Gasteiger partial charge in [0.2, 0.25) is 11.8 Å². The molecule has 1 aliphatic carbocycles. The van der Waals surface area contributed by atoms with E-state index in [-0.39, 0.29) is 18.5 Å². The van der Waals surface area contributed by atoms with Gasteiger partial charge < -0.3 is 16.0 Å². The van der Waals surface area contributed by atoms with Crippen molar-refractivity contribution in [1.29, 1.82) is 0 Å². The van der Waals surface area contributed by atoms with E-state index >= 15 is 0 Å². The first-order valence-corrected chi connectivity index (χ1v) is 10.6. The molecule has 0 aromatic carbocycles. The lowest BCUT2D eigenvalue weighted by molar-refractivity contribution is -0.134. The van der Waals surface area contributed by atoms with Crippen LogP contribution in [0.15, 0.2) is 12.4 Å². The van der Waals surface area contributed by atoms with Crippen LogP contribution in [0.1, 0.15) is 70.4 Å². The number of rotatable bonds is 8. The van der Waals surface area contributed by atoms with Gasteiger partial charge in [-0.15, -0.1) is 0 Å². The molecule has 7 heteroatoms. The molecule has 2 aliphatic heterocycles. The van der Waals surface area contributed by atoms with E-state index < -0.39 is 11.3 Å². The van der Waals surface area contributed by atoms with Crippen LogP contribution in [0.2, 0.25) is 0 Å². The zero-order valence-corrected chi connectivity index (χ0v) is 16.9. The molecule has 1 aromatic heterocycles. The summed E-state index contributed by atoms with van der Waals surface area (Å²) in [5.41, 5.74) is 5.92. The summed E-state index contributed by atoms with van der Waals surface area (Å²) >= 11 is 0. The Kier molecular flexibility index (Phi) is 5.02. The molecule has 152 valence electrons. The minimum atomic E-state index is -0.503. The zero-order chi connectivity index (χ0) is 19.9. The highest BCUT2D eigenvalue weighted by Gasteiger charge is 2.59. The number of amides is 2. The molecule has 2 amide bonds. The zero-order valence-electron chi connectivity index (χ0n) is 16.9. The van der Waals surface area contributed by atoms with E-state index in [0.29, 0.717) is 17.9 Å².